The number of aryl methyl sites for hydroxylation is 1. The van der Waals surface area contributed by atoms with Crippen LogP contribution >= 0.6 is 12.2 Å². The van der Waals surface area contributed by atoms with Crippen molar-refractivity contribution >= 4 is 35.2 Å². The zero-order valence-electron chi connectivity index (χ0n) is 10.9. The molecule has 106 valence electrons. The van der Waals surface area contributed by atoms with Crippen LogP contribution in [0.3, 0.4) is 0 Å². The molecule has 20 heavy (non-hydrogen) atoms. The Kier molecular flexibility index (Phi) is 4.52. The minimum atomic E-state index is -0.405. The maximum Gasteiger partial charge on any atom is 0.250 e. The van der Waals surface area contributed by atoms with Crippen LogP contribution in [0.2, 0.25) is 0 Å². The van der Waals surface area contributed by atoms with Crippen LogP contribution in [0.15, 0.2) is 22.6 Å². The first-order chi connectivity index (χ1) is 9.54. The van der Waals surface area contributed by atoms with Gasteiger partial charge in [-0.3, -0.25) is 25.8 Å². The number of hydrogen-bond acceptors (Lipinski definition) is 4. The minimum absolute atomic E-state index is 0.0456. The van der Waals surface area contributed by atoms with Crippen molar-refractivity contribution in [3.05, 3.63) is 29.7 Å². The molecule has 1 aromatic rings. The molecule has 0 spiro atoms. The Morgan fingerprint density at radius 3 is 2.70 bits per heavy atom. The molecular weight excluding hydrogens is 278 g/mol. The van der Waals surface area contributed by atoms with Gasteiger partial charge in [0.05, 0.1) is 0 Å². The molecule has 3 N–H and O–H groups in total. The number of carbonyl (C=O) groups is 2. The second kappa shape index (κ2) is 6.33. The van der Waals surface area contributed by atoms with Gasteiger partial charge in [-0.2, -0.15) is 0 Å². The molecule has 6 nitrogen and oxygen atoms in total. The van der Waals surface area contributed by atoms with E-state index in [1.54, 1.807) is 12.1 Å². The highest BCUT2D eigenvalue weighted by Gasteiger charge is 2.29. The summed E-state index contributed by atoms with van der Waals surface area (Å²) < 4.78 is 5.28. The van der Waals surface area contributed by atoms with Crippen molar-refractivity contribution in [2.24, 2.45) is 5.92 Å². The molecule has 2 amide bonds. The number of thiocarbonyl (C=S) groups is 1. The van der Waals surface area contributed by atoms with Gasteiger partial charge >= 0.3 is 0 Å². The van der Waals surface area contributed by atoms with E-state index in [9.17, 15) is 9.59 Å². The average molecular weight is 293 g/mol. The Labute approximate surface area is 121 Å². The van der Waals surface area contributed by atoms with Gasteiger partial charge in [0.2, 0.25) is 11.8 Å². The molecule has 2 rings (SSSR count). The molecule has 0 bridgehead atoms. The number of nitrogens with one attached hydrogen (secondary N) is 3. The van der Waals surface area contributed by atoms with Crippen LogP contribution in [0.25, 0.3) is 6.08 Å². The molecule has 1 aliphatic carbocycles. The first-order valence-corrected chi connectivity index (χ1v) is 6.61. The summed E-state index contributed by atoms with van der Waals surface area (Å²) in [6, 6.07) is 3.56. The van der Waals surface area contributed by atoms with Gasteiger partial charge in [0.15, 0.2) is 5.11 Å². The van der Waals surface area contributed by atoms with Crippen molar-refractivity contribution in [2.45, 2.75) is 19.8 Å². The van der Waals surface area contributed by atoms with Gasteiger partial charge in [-0.15, -0.1) is 0 Å². The van der Waals surface area contributed by atoms with Gasteiger partial charge < -0.3 is 4.42 Å². The smallest absolute Gasteiger partial charge is 0.250 e. The molecule has 0 atom stereocenters. The van der Waals surface area contributed by atoms with Crippen molar-refractivity contribution in [2.75, 3.05) is 0 Å². The van der Waals surface area contributed by atoms with E-state index in [0.29, 0.717) is 5.76 Å². The Bertz CT molecular complexity index is 561. The first kappa shape index (κ1) is 14.3. The lowest BCUT2D eigenvalue weighted by atomic mass is 10.4. The first-order valence-electron chi connectivity index (χ1n) is 6.20. The summed E-state index contributed by atoms with van der Waals surface area (Å²) in [5.41, 5.74) is 4.92. The lowest BCUT2D eigenvalue weighted by molar-refractivity contribution is -0.123. The summed E-state index contributed by atoms with van der Waals surface area (Å²) in [4.78, 5) is 22.9. The third kappa shape index (κ3) is 4.51. The van der Waals surface area contributed by atoms with Crippen LogP contribution in [-0.2, 0) is 9.59 Å². The normalized spacial score (nSPS) is 14.1. The number of hydrazine groups is 1. The fourth-order valence-electron chi connectivity index (χ4n) is 1.45. The molecule has 1 aliphatic rings. The number of amides is 2. The van der Waals surface area contributed by atoms with Gasteiger partial charge in [-0.25, -0.2) is 0 Å². The van der Waals surface area contributed by atoms with Crippen LogP contribution in [0.5, 0.6) is 0 Å². The summed E-state index contributed by atoms with van der Waals surface area (Å²) >= 11 is 4.88. The Morgan fingerprint density at radius 2 is 2.10 bits per heavy atom. The second-order valence-corrected chi connectivity index (χ2v) is 4.90. The number of rotatable bonds is 3. The molecule has 0 unspecified atom stereocenters. The molecule has 1 heterocycles. The van der Waals surface area contributed by atoms with Crippen LogP contribution in [-0.4, -0.2) is 16.9 Å². The predicted octanol–water partition coefficient (Wildman–Crippen LogP) is 1.03. The third-order valence-electron chi connectivity index (χ3n) is 2.64. The molecule has 1 fully saturated rings. The lowest BCUT2D eigenvalue weighted by Crippen LogP contribution is -2.48. The molecule has 7 heteroatoms. The zero-order chi connectivity index (χ0) is 14.5. The van der Waals surface area contributed by atoms with Gasteiger partial charge in [0.1, 0.15) is 11.5 Å². The zero-order valence-corrected chi connectivity index (χ0v) is 11.8. The van der Waals surface area contributed by atoms with E-state index in [0.717, 1.165) is 18.6 Å². The monoisotopic (exact) mass is 293 g/mol. The molecule has 0 radical (unpaired) electrons. The number of hydrogen-bond donors (Lipinski definition) is 3. The maximum absolute atomic E-state index is 11.5. The van der Waals surface area contributed by atoms with E-state index in [1.165, 1.54) is 12.2 Å². The molecular formula is C13H15N3O3S. The van der Waals surface area contributed by atoms with Crippen molar-refractivity contribution in [3.63, 3.8) is 0 Å². The second-order valence-electron chi connectivity index (χ2n) is 4.49. The minimum Gasteiger partial charge on any atom is -0.462 e. The number of carbonyl (C=O) groups excluding carboxylic acids is 2. The van der Waals surface area contributed by atoms with E-state index in [4.69, 9.17) is 16.6 Å². The quantitative estimate of drug-likeness (QED) is 0.440. The van der Waals surface area contributed by atoms with Crippen molar-refractivity contribution < 1.29 is 14.0 Å². The van der Waals surface area contributed by atoms with Gasteiger partial charge in [0, 0.05) is 12.0 Å². The maximum atomic E-state index is 11.5. The van der Waals surface area contributed by atoms with Crippen molar-refractivity contribution in [1.82, 2.24) is 16.2 Å². The SMILES string of the molecule is Cc1ccc(C=CC(=O)NC(=S)NNC(=O)C2CC2)o1. The van der Waals surface area contributed by atoms with E-state index in [-0.39, 0.29) is 16.9 Å². The average Bonchev–Trinajstić information content (AvgIpc) is 3.17. The Balaban J connectivity index is 1.71. The highest BCUT2D eigenvalue weighted by molar-refractivity contribution is 7.80. The summed E-state index contributed by atoms with van der Waals surface area (Å²) in [5, 5.41) is 2.46. The highest BCUT2D eigenvalue weighted by Crippen LogP contribution is 2.28. The fourth-order valence-corrected chi connectivity index (χ4v) is 1.60. The van der Waals surface area contributed by atoms with Crippen LogP contribution in [0.1, 0.15) is 24.4 Å². The summed E-state index contributed by atoms with van der Waals surface area (Å²) in [6.45, 7) is 1.82. The van der Waals surface area contributed by atoms with E-state index >= 15 is 0 Å². The van der Waals surface area contributed by atoms with Gasteiger partial charge in [-0.1, -0.05) is 0 Å². The fraction of sp³-hybridized carbons (Fsp3) is 0.308. The third-order valence-corrected chi connectivity index (χ3v) is 2.85. The van der Waals surface area contributed by atoms with E-state index in [2.05, 4.69) is 16.2 Å². The van der Waals surface area contributed by atoms with Crippen molar-refractivity contribution in [1.29, 1.82) is 0 Å². The predicted molar refractivity (Wildman–Crippen MR) is 77.2 cm³/mol. The van der Waals surface area contributed by atoms with Crippen molar-refractivity contribution in [3.8, 4) is 0 Å². The highest BCUT2D eigenvalue weighted by atomic mass is 32.1. The largest absolute Gasteiger partial charge is 0.462 e. The van der Waals surface area contributed by atoms with Gasteiger partial charge in [-0.05, 0) is 50.2 Å². The van der Waals surface area contributed by atoms with Crippen LogP contribution in [0.4, 0.5) is 0 Å². The van der Waals surface area contributed by atoms with Crippen LogP contribution < -0.4 is 16.2 Å². The molecule has 0 aliphatic heterocycles. The standard InChI is InChI=1S/C13H15N3O3S/c1-8-2-5-10(19-8)6-7-11(17)14-13(20)16-15-12(18)9-3-4-9/h2,5-7,9H,3-4H2,1H3,(H,15,18)(H2,14,16,17,20). The molecule has 0 saturated heterocycles. The topological polar surface area (TPSA) is 83.4 Å². The summed E-state index contributed by atoms with van der Waals surface area (Å²) in [6.07, 6.45) is 4.64. The Hall–Kier alpha value is -2.15. The van der Waals surface area contributed by atoms with Crippen LogP contribution in [0, 0.1) is 12.8 Å². The molecule has 1 saturated carbocycles. The molecule has 0 aromatic carbocycles. The summed E-state index contributed by atoms with van der Waals surface area (Å²) in [7, 11) is 0. The number of furan rings is 1. The lowest BCUT2D eigenvalue weighted by Gasteiger charge is -2.08. The summed E-state index contributed by atoms with van der Waals surface area (Å²) in [5.74, 6) is 0.909. The van der Waals surface area contributed by atoms with Gasteiger partial charge in [0.25, 0.3) is 0 Å². The Morgan fingerprint density at radius 1 is 1.35 bits per heavy atom. The van der Waals surface area contributed by atoms with E-state index in [1.807, 2.05) is 6.92 Å². The van der Waals surface area contributed by atoms with E-state index < -0.39 is 5.91 Å². The molecule has 1 aromatic heterocycles.